The fourth-order valence-electron chi connectivity index (χ4n) is 2.10. The molecule has 0 spiro atoms. The van der Waals surface area contributed by atoms with E-state index in [-0.39, 0.29) is 15.8 Å². The van der Waals surface area contributed by atoms with Crippen molar-refractivity contribution in [2.24, 2.45) is 0 Å². The van der Waals surface area contributed by atoms with Gasteiger partial charge in [0.25, 0.3) is 0 Å². The van der Waals surface area contributed by atoms with E-state index in [1.807, 2.05) is 24.3 Å². The summed E-state index contributed by atoms with van der Waals surface area (Å²) in [5.41, 5.74) is 0.841. The van der Waals surface area contributed by atoms with Crippen molar-refractivity contribution < 1.29 is 13.2 Å². The number of nitrogens with one attached hydrogen (secondary N) is 2. The van der Waals surface area contributed by atoms with Crippen LogP contribution in [0, 0.1) is 0 Å². The smallest absolute Gasteiger partial charge is 0.332 e. The molecule has 0 aromatic heterocycles. The van der Waals surface area contributed by atoms with Crippen molar-refractivity contribution in [1.82, 2.24) is 0 Å². The van der Waals surface area contributed by atoms with Gasteiger partial charge in [-0.25, -0.2) is 0 Å². The number of hydrogen-bond donors (Lipinski definition) is 2. The molecule has 0 amide bonds. The molecule has 0 aliphatic rings. The van der Waals surface area contributed by atoms with Crippen LogP contribution >= 0.6 is 23.8 Å². The normalized spacial score (nSPS) is 11.5. The highest BCUT2D eigenvalue weighted by Gasteiger charge is 2.34. The molecule has 0 bridgehead atoms. The Bertz CT molecular complexity index is 728. The van der Waals surface area contributed by atoms with E-state index in [9.17, 15) is 13.2 Å². The number of hydrogen-bond acceptors (Lipinski definition) is 1. The summed E-state index contributed by atoms with van der Waals surface area (Å²) in [7, 11) is 0. The summed E-state index contributed by atoms with van der Waals surface area (Å²) in [5.74, 6) is 0.396. The highest BCUT2D eigenvalue weighted by molar-refractivity contribution is 7.80. The molecule has 0 unspecified atom stereocenters. The number of anilines is 2. The molecule has 0 saturated carbocycles. The summed E-state index contributed by atoms with van der Waals surface area (Å²) >= 11 is 10.7. The highest BCUT2D eigenvalue weighted by atomic mass is 35.5. The van der Waals surface area contributed by atoms with Crippen molar-refractivity contribution in [2.45, 2.75) is 25.9 Å². The third kappa shape index (κ3) is 4.85. The second-order valence-corrected chi connectivity index (χ2v) is 6.39. The first kappa shape index (κ1) is 18.5. The Hall–Kier alpha value is -1.79. The molecule has 128 valence electrons. The van der Waals surface area contributed by atoms with E-state index in [4.69, 9.17) is 23.8 Å². The van der Waals surface area contributed by atoms with Crippen molar-refractivity contribution in [2.75, 3.05) is 10.6 Å². The Morgan fingerprint density at radius 3 is 2.21 bits per heavy atom. The summed E-state index contributed by atoms with van der Waals surface area (Å²) in [6, 6.07) is 11.0. The van der Waals surface area contributed by atoms with Crippen LogP contribution in [0.1, 0.15) is 30.9 Å². The molecule has 0 fully saturated rings. The van der Waals surface area contributed by atoms with E-state index in [1.54, 1.807) is 0 Å². The van der Waals surface area contributed by atoms with Gasteiger partial charge >= 0.3 is 6.18 Å². The van der Waals surface area contributed by atoms with E-state index >= 15 is 0 Å². The largest absolute Gasteiger partial charge is 0.418 e. The lowest BCUT2D eigenvalue weighted by Crippen LogP contribution is -2.21. The molecular formula is C17H16ClF3N2S. The zero-order valence-electron chi connectivity index (χ0n) is 13.0. The highest BCUT2D eigenvalue weighted by Crippen LogP contribution is 2.36. The molecule has 0 atom stereocenters. The van der Waals surface area contributed by atoms with Gasteiger partial charge in [-0.05, 0) is 54.0 Å². The summed E-state index contributed by atoms with van der Waals surface area (Å²) in [4.78, 5) is 0. The quantitative estimate of drug-likeness (QED) is 0.619. The number of alkyl halides is 3. The number of halogens is 4. The molecule has 2 aromatic rings. The topological polar surface area (TPSA) is 24.1 Å². The molecule has 7 heteroatoms. The van der Waals surface area contributed by atoms with Gasteiger partial charge in [-0.1, -0.05) is 37.6 Å². The summed E-state index contributed by atoms with van der Waals surface area (Å²) < 4.78 is 39.2. The van der Waals surface area contributed by atoms with E-state index in [1.165, 1.54) is 12.1 Å². The van der Waals surface area contributed by atoms with Gasteiger partial charge < -0.3 is 10.6 Å². The lowest BCUT2D eigenvalue weighted by molar-refractivity contribution is -0.136. The van der Waals surface area contributed by atoms with Gasteiger partial charge in [-0.2, -0.15) is 13.2 Å². The maximum atomic E-state index is 13.1. The predicted molar refractivity (Wildman–Crippen MR) is 96.8 cm³/mol. The average molecular weight is 373 g/mol. The van der Waals surface area contributed by atoms with Gasteiger partial charge in [-0.3, -0.25) is 0 Å². The summed E-state index contributed by atoms with van der Waals surface area (Å²) in [6.07, 6.45) is -4.53. The molecule has 2 N–H and O–H groups in total. The van der Waals surface area contributed by atoms with E-state index in [0.29, 0.717) is 11.6 Å². The Labute approximate surface area is 149 Å². The van der Waals surface area contributed by atoms with Crippen LogP contribution in [-0.4, -0.2) is 5.11 Å². The molecule has 2 rings (SSSR count). The van der Waals surface area contributed by atoms with E-state index in [2.05, 4.69) is 24.5 Å². The molecule has 0 aliphatic heterocycles. The van der Waals surface area contributed by atoms with Crippen LogP contribution in [-0.2, 0) is 6.18 Å². The van der Waals surface area contributed by atoms with Crippen molar-refractivity contribution in [1.29, 1.82) is 0 Å². The third-order valence-electron chi connectivity index (χ3n) is 3.37. The van der Waals surface area contributed by atoms with Crippen LogP contribution < -0.4 is 10.6 Å². The zero-order chi connectivity index (χ0) is 17.9. The lowest BCUT2D eigenvalue weighted by Gasteiger charge is -2.16. The van der Waals surface area contributed by atoms with Gasteiger partial charge in [-0.15, -0.1) is 0 Å². The van der Waals surface area contributed by atoms with Gasteiger partial charge in [0.05, 0.1) is 11.3 Å². The van der Waals surface area contributed by atoms with Gasteiger partial charge in [0.15, 0.2) is 5.11 Å². The zero-order valence-corrected chi connectivity index (χ0v) is 14.6. The first-order chi connectivity index (χ1) is 11.2. The predicted octanol–water partition coefficient (Wildman–Crippen LogP) is 6.29. The van der Waals surface area contributed by atoms with Crippen molar-refractivity contribution >= 4 is 40.3 Å². The number of rotatable bonds is 3. The molecule has 0 saturated heterocycles. The molecule has 2 nitrogen and oxygen atoms in total. The van der Waals surface area contributed by atoms with Gasteiger partial charge in [0.2, 0.25) is 0 Å². The number of benzene rings is 2. The Morgan fingerprint density at radius 1 is 1.04 bits per heavy atom. The van der Waals surface area contributed by atoms with Crippen molar-refractivity contribution in [3.05, 3.63) is 58.6 Å². The summed E-state index contributed by atoms with van der Waals surface area (Å²) in [6.45, 7) is 4.15. The van der Waals surface area contributed by atoms with Crippen molar-refractivity contribution in [3.63, 3.8) is 0 Å². The molecule has 0 radical (unpaired) electrons. The Morgan fingerprint density at radius 2 is 1.67 bits per heavy atom. The van der Waals surface area contributed by atoms with Crippen LogP contribution in [0.25, 0.3) is 0 Å². The van der Waals surface area contributed by atoms with E-state index in [0.717, 1.165) is 11.6 Å². The first-order valence-corrected chi connectivity index (χ1v) is 8.00. The Balaban J connectivity index is 2.13. The fraction of sp³-hybridized carbons (Fsp3) is 0.235. The van der Waals surface area contributed by atoms with Crippen LogP contribution in [0.3, 0.4) is 0 Å². The maximum Gasteiger partial charge on any atom is 0.418 e. The summed E-state index contributed by atoms with van der Waals surface area (Å²) in [5, 5.41) is 5.52. The second kappa shape index (κ2) is 7.40. The standard InChI is InChI=1S/C17H16ClF3N2S/c1-10(2)11-3-6-13(7-4-11)22-16(24)23-15-8-5-12(18)9-14(15)17(19,20)21/h3-10H,1-2H3,(H2,22,23,24). The monoisotopic (exact) mass is 372 g/mol. The minimum absolute atomic E-state index is 0.0102. The van der Waals surface area contributed by atoms with Gasteiger partial charge in [0.1, 0.15) is 0 Å². The van der Waals surface area contributed by atoms with Crippen LogP contribution in [0.15, 0.2) is 42.5 Å². The lowest BCUT2D eigenvalue weighted by atomic mass is 10.0. The van der Waals surface area contributed by atoms with Crippen molar-refractivity contribution in [3.8, 4) is 0 Å². The SMILES string of the molecule is CC(C)c1ccc(NC(=S)Nc2ccc(Cl)cc2C(F)(F)F)cc1. The van der Waals surface area contributed by atoms with Crippen LogP contribution in [0.4, 0.5) is 24.5 Å². The number of thiocarbonyl (C=S) groups is 1. The van der Waals surface area contributed by atoms with Crippen LogP contribution in [0.5, 0.6) is 0 Å². The molecule has 24 heavy (non-hydrogen) atoms. The van der Waals surface area contributed by atoms with E-state index < -0.39 is 11.7 Å². The maximum absolute atomic E-state index is 13.1. The van der Waals surface area contributed by atoms with Crippen LogP contribution in [0.2, 0.25) is 5.02 Å². The third-order valence-corrected chi connectivity index (χ3v) is 3.81. The minimum atomic E-state index is -4.53. The minimum Gasteiger partial charge on any atom is -0.332 e. The Kier molecular flexibility index (Phi) is 5.72. The average Bonchev–Trinajstić information content (AvgIpc) is 2.48. The molecule has 0 aliphatic carbocycles. The fourth-order valence-corrected chi connectivity index (χ4v) is 2.50. The first-order valence-electron chi connectivity index (χ1n) is 7.21. The molecule has 0 heterocycles. The molecular weight excluding hydrogens is 357 g/mol. The molecule has 2 aromatic carbocycles. The second-order valence-electron chi connectivity index (χ2n) is 5.54. The van der Waals surface area contributed by atoms with Gasteiger partial charge in [0, 0.05) is 10.7 Å².